The lowest BCUT2D eigenvalue weighted by atomic mass is 9.85. The first-order chi connectivity index (χ1) is 12.1. The summed E-state index contributed by atoms with van der Waals surface area (Å²) in [6.45, 7) is 7.44. The van der Waals surface area contributed by atoms with Gasteiger partial charge in [-0.1, -0.05) is 20.8 Å². The van der Waals surface area contributed by atoms with Crippen molar-refractivity contribution in [2.45, 2.75) is 52.6 Å². The van der Waals surface area contributed by atoms with E-state index in [9.17, 15) is 18.8 Å². The number of carbonyl (C=O) groups excluding carboxylic acids is 3. The van der Waals surface area contributed by atoms with E-state index in [1.165, 1.54) is 36.1 Å². The van der Waals surface area contributed by atoms with Crippen LogP contribution in [0, 0.1) is 11.2 Å². The number of likely N-dealkylation sites (tertiary alicyclic amines) is 1. The van der Waals surface area contributed by atoms with Crippen LogP contribution in [0.25, 0.3) is 0 Å². The Morgan fingerprint density at radius 2 is 1.85 bits per heavy atom. The topological polar surface area (TPSA) is 75.7 Å². The number of carbonyl (C=O) groups is 3. The average molecular weight is 364 g/mol. The predicted molar refractivity (Wildman–Crippen MR) is 94.2 cm³/mol. The van der Waals surface area contributed by atoms with Crippen LogP contribution >= 0.6 is 0 Å². The van der Waals surface area contributed by atoms with E-state index >= 15 is 0 Å². The molecule has 1 aromatic carbocycles. The molecule has 1 aliphatic heterocycles. The van der Waals surface area contributed by atoms with E-state index in [0.29, 0.717) is 13.0 Å². The van der Waals surface area contributed by atoms with Gasteiger partial charge in [0.2, 0.25) is 5.91 Å². The van der Waals surface area contributed by atoms with E-state index in [-0.39, 0.29) is 17.4 Å². The fraction of sp³-hybridized carbons (Fsp3) is 0.526. The molecule has 0 bridgehead atoms. The predicted octanol–water partition coefficient (Wildman–Crippen LogP) is 2.91. The van der Waals surface area contributed by atoms with Crippen LogP contribution in [0.3, 0.4) is 0 Å². The monoisotopic (exact) mass is 364 g/mol. The minimum atomic E-state index is -0.851. The molecule has 6 nitrogen and oxygen atoms in total. The molecule has 0 aliphatic carbocycles. The smallest absolute Gasteiger partial charge is 0.410 e. The molecular weight excluding hydrogens is 339 g/mol. The third-order valence-corrected chi connectivity index (χ3v) is 4.40. The van der Waals surface area contributed by atoms with Crippen LogP contribution in [-0.4, -0.2) is 41.3 Å². The van der Waals surface area contributed by atoms with Gasteiger partial charge < -0.3 is 15.0 Å². The summed E-state index contributed by atoms with van der Waals surface area (Å²) in [6.07, 6.45) is 0.591. The SMILES string of the molecule is CC(=O)[C@@H]1CCCN1C(=O)[C@@H](NC(=O)Oc1ccc(F)cc1)C(C)(C)C. The highest BCUT2D eigenvalue weighted by Gasteiger charge is 2.41. The minimum absolute atomic E-state index is 0.0580. The largest absolute Gasteiger partial charge is 0.413 e. The van der Waals surface area contributed by atoms with Crippen LogP contribution < -0.4 is 10.1 Å². The summed E-state index contributed by atoms with van der Waals surface area (Å²) >= 11 is 0. The van der Waals surface area contributed by atoms with Crippen molar-refractivity contribution in [1.82, 2.24) is 10.2 Å². The molecule has 0 spiro atoms. The molecule has 142 valence electrons. The number of ether oxygens (including phenoxy) is 1. The lowest BCUT2D eigenvalue weighted by Gasteiger charge is -2.34. The van der Waals surface area contributed by atoms with Gasteiger partial charge in [0.15, 0.2) is 5.78 Å². The number of benzene rings is 1. The van der Waals surface area contributed by atoms with Crippen molar-refractivity contribution < 1.29 is 23.5 Å². The lowest BCUT2D eigenvalue weighted by molar-refractivity contribution is -0.140. The normalized spacial score (nSPS) is 18.3. The zero-order valence-electron chi connectivity index (χ0n) is 15.5. The van der Waals surface area contributed by atoms with Gasteiger partial charge in [0.1, 0.15) is 17.6 Å². The average Bonchev–Trinajstić information content (AvgIpc) is 3.03. The molecule has 7 heteroatoms. The summed E-state index contributed by atoms with van der Waals surface area (Å²) in [4.78, 5) is 38.5. The third-order valence-electron chi connectivity index (χ3n) is 4.40. The number of rotatable bonds is 4. The standard InChI is InChI=1S/C19H25FN2O4/c1-12(23)15-6-5-11-22(15)17(24)16(19(2,3)4)21-18(25)26-14-9-7-13(20)8-10-14/h7-10,15-16H,5-6,11H2,1-4H3,(H,21,25)/t15-,16+/m0/s1. The first-order valence-electron chi connectivity index (χ1n) is 8.64. The van der Waals surface area contributed by atoms with Gasteiger partial charge in [-0.15, -0.1) is 0 Å². The molecule has 2 rings (SSSR count). The van der Waals surface area contributed by atoms with Gasteiger partial charge in [-0.25, -0.2) is 9.18 Å². The first kappa shape index (κ1) is 19.9. The van der Waals surface area contributed by atoms with Crippen molar-refractivity contribution in [3.8, 4) is 5.75 Å². The molecular formula is C19H25FN2O4. The fourth-order valence-electron chi connectivity index (χ4n) is 3.02. The number of Topliss-reactive ketones (excluding diaryl/α,β-unsaturated/α-hetero) is 1. The molecule has 1 aromatic rings. The molecule has 26 heavy (non-hydrogen) atoms. The van der Waals surface area contributed by atoms with Crippen LogP contribution in [0.4, 0.5) is 9.18 Å². The molecule has 2 amide bonds. The van der Waals surface area contributed by atoms with Gasteiger partial charge >= 0.3 is 6.09 Å². The number of amides is 2. The Morgan fingerprint density at radius 1 is 1.23 bits per heavy atom. The second kappa shape index (κ2) is 7.85. The summed E-state index contributed by atoms with van der Waals surface area (Å²) in [5, 5.41) is 2.60. The number of halogens is 1. The van der Waals surface area contributed by atoms with Crippen LogP contribution in [0.2, 0.25) is 0 Å². The van der Waals surface area contributed by atoms with Gasteiger partial charge in [-0.05, 0) is 49.4 Å². The van der Waals surface area contributed by atoms with Gasteiger partial charge in [-0.3, -0.25) is 9.59 Å². The summed E-state index contributed by atoms with van der Waals surface area (Å²) in [5.74, 6) is -0.625. The molecule has 1 aliphatic rings. The van der Waals surface area contributed by atoms with Crippen LogP contribution in [0.5, 0.6) is 5.75 Å². The highest BCUT2D eigenvalue weighted by molar-refractivity contribution is 5.92. The van der Waals surface area contributed by atoms with Crippen LogP contribution in [-0.2, 0) is 9.59 Å². The van der Waals surface area contributed by atoms with Crippen molar-refractivity contribution in [2.24, 2.45) is 5.41 Å². The zero-order chi connectivity index (χ0) is 19.5. The number of ketones is 1. The number of hydrogen-bond acceptors (Lipinski definition) is 4. The van der Waals surface area contributed by atoms with E-state index < -0.39 is 29.4 Å². The lowest BCUT2D eigenvalue weighted by Crippen LogP contribution is -2.57. The number of nitrogens with one attached hydrogen (secondary N) is 1. The highest BCUT2D eigenvalue weighted by atomic mass is 19.1. The number of nitrogens with zero attached hydrogens (tertiary/aromatic N) is 1. The van der Waals surface area contributed by atoms with Crippen LogP contribution in [0.1, 0.15) is 40.5 Å². The summed E-state index contributed by atoms with van der Waals surface area (Å²) in [6, 6.07) is 3.72. The van der Waals surface area contributed by atoms with E-state index in [1.54, 1.807) is 0 Å². The fourth-order valence-corrected chi connectivity index (χ4v) is 3.02. The van der Waals surface area contributed by atoms with Crippen molar-refractivity contribution in [2.75, 3.05) is 6.54 Å². The minimum Gasteiger partial charge on any atom is -0.410 e. The maximum atomic E-state index is 13.0. The van der Waals surface area contributed by atoms with E-state index in [2.05, 4.69) is 5.32 Å². The maximum absolute atomic E-state index is 13.0. The van der Waals surface area contributed by atoms with Gasteiger partial charge in [-0.2, -0.15) is 0 Å². The second-order valence-corrected chi connectivity index (χ2v) is 7.59. The Bertz CT molecular complexity index is 682. The number of hydrogen-bond donors (Lipinski definition) is 1. The quantitative estimate of drug-likeness (QED) is 0.891. The van der Waals surface area contributed by atoms with Crippen molar-refractivity contribution in [3.63, 3.8) is 0 Å². The van der Waals surface area contributed by atoms with E-state index in [1.807, 2.05) is 20.8 Å². The Kier molecular flexibility index (Phi) is 6.00. The van der Waals surface area contributed by atoms with Crippen LogP contribution in [0.15, 0.2) is 24.3 Å². The van der Waals surface area contributed by atoms with Crippen molar-refractivity contribution in [3.05, 3.63) is 30.1 Å². The Labute approximate surface area is 152 Å². The third kappa shape index (κ3) is 4.80. The molecule has 1 saturated heterocycles. The Hall–Kier alpha value is -2.44. The highest BCUT2D eigenvalue weighted by Crippen LogP contribution is 2.26. The van der Waals surface area contributed by atoms with Gasteiger partial charge in [0, 0.05) is 6.54 Å². The molecule has 1 heterocycles. The second-order valence-electron chi connectivity index (χ2n) is 7.59. The van der Waals surface area contributed by atoms with E-state index in [4.69, 9.17) is 4.74 Å². The molecule has 0 radical (unpaired) electrons. The molecule has 0 saturated carbocycles. The first-order valence-corrected chi connectivity index (χ1v) is 8.64. The Balaban J connectivity index is 2.12. The maximum Gasteiger partial charge on any atom is 0.413 e. The molecule has 0 unspecified atom stereocenters. The zero-order valence-corrected chi connectivity index (χ0v) is 15.5. The Morgan fingerprint density at radius 3 is 2.38 bits per heavy atom. The summed E-state index contributed by atoms with van der Waals surface area (Å²) in [7, 11) is 0. The molecule has 1 fully saturated rings. The summed E-state index contributed by atoms with van der Waals surface area (Å²) in [5.41, 5.74) is -0.581. The molecule has 2 atom stereocenters. The molecule has 0 aromatic heterocycles. The van der Waals surface area contributed by atoms with E-state index in [0.717, 1.165) is 6.42 Å². The van der Waals surface area contributed by atoms with Gasteiger partial charge in [0.05, 0.1) is 6.04 Å². The van der Waals surface area contributed by atoms with Crippen molar-refractivity contribution >= 4 is 17.8 Å². The van der Waals surface area contributed by atoms with Crippen molar-refractivity contribution in [1.29, 1.82) is 0 Å². The van der Waals surface area contributed by atoms with Gasteiger partial charge in [0.25, 0.3) is 0 Å². The summed E-state index contributed by atoms with van der Waals surface area (Å²) < 4.78 is 18.1. The molecule has 1 N–H and O–H groups in total.